The molecule has 3 atom stereocenters. The predicted octanol–water partition coefficient (Wildman–Crippen LogP) is 3.71. The Balaban J connectivity index is 1.41. The number of aromatic amines is 1. The molecule has 0 spiro atoms. The first-order chi connectivity index (χ1) is 16.1. The minimum absolute atomic E-state index is 0.0656. The van der Waals surface area contributed by atoms with Gasteiger partial charge in [0, 0.05) is 66.6 Å². The van der Waals surface area contributed by atoms with Crippen molar-refractivity contribution in [2.45, 2.75) is 63.6 Å². The molecule has 2 fully saturated rings. The summed E-state index contributed by atoms with van der Waals surface area (Å²) in [6.45, 7) is 2.64. The van der Waals surface area contributed by atoms with Crippen molar-refractivity contribution < 1.29 is 9.50 Å². The van der Waals surface area contributed by atoms with Gasteiger partial charge in [0.25, 0.3) is 0 Å². The number of rotatable bonds is 9. The predicted molar refractivity (Wildman–Crippen MR) is 128 cm³/mol. The van der Waals surface area contributed by atoms with Gasteiger partial charge < -0.3 is 15.7 Å². The molecule has 0 aromatic carbocycles. The number of aliphatic hydroxyl groups is 1. The molecule has 0 saturated carbocycles. The molecule has 3 aromatic heterocycles. The molecule has 2 saturated heterocycles. The highest BCUT2D eigenvalue weighted by atomic mass is 19.1. The Morgan fingerprint density at radius 1 is 1.15 bits per heavy atom. The molecule has 2 aliphatic heterocycles. The third-order valence-corrected chi connectivity index (χ3v) is 6.85. The summed E-state index contributed by atoms with van der Waals surface area (Å²) < 4.78 is 12.7. The van der Waals surface area contributed by atoms with Crippen LogP contribution in [0.4, 0.5) is 21.8 Å². The van der Waals surface area contributed by atoms with Gasteiger partial charge in [0.15, 0.2) is 5.82 Å². The van der Waals surface area contributed by atoms with E-state index in [1.165, 1.54) is 12.8 Å². The van der Waals surface area contributed by atoms with Gasteiger partial charge in [0.1, 0.15) is 11.6 Å². The van der Waals surface area contributed by atoms with Crippen molar-refractivity contribution in [3.63, 3.8) is 0 Å². The molecular weight excluding hydrogens is 421 g/mol. The zero-order valence-electron chi connectivity index (χ0n) is 19.0. The monoisotopic (exact) mass is 453 g/mol. The lowest BCUT2D eigenvalue weighted by Gasteiger charge is -2.39. The van der Waals surface area contributed by atoms with E-state index in [4.69, 9.17) is 9.97 Å². The molecule has 2 aliphatic rings. The van der Waals surface area contributed by atoms with Gasteiger partial charge in [0.05, 0.1) is 12.2 Å². The van der Waals surface area contributed by atoms with E-state index in [2.05, 4.69) is 25.7 Å². The summed E-state index contributed by atoms with van der Waals surface area (Å²) >= 11 is 0. The first-order valence-corrected chi connectivity index (χ1v) is 11.9. The summed E-state index contributed by atoms with van der Waals surface area (Å²) in [5.41, 5.74) is 2.65. The molecule has 0 aliphatic carbocycles. The highest BCUT2D eigenvalue weighted by Crippen LogP contribution is 2.37. The number of nitrogens with one attached hydrogen (secondary N) is 3. The van der Waals surface area contributed by atoms with Crippen LogP contribution in [0.3, 0.4) is 0 Å². The third kappa shape index (κ3) is 4.79. The van der Waals surface area contributed by atoms with Gasteiger partial charge in [0.2, 0.25) is 0 Å². The molecule has 0 radical (unpaired) electrons. The maximum atomic E-state index is 12.7. The number of nitrogens with zero attached hydrogens (tertiary/aromatic N) is 4. The second kappa shape index (κ2) is 9.61. The van der Waals surface area contributed by atoms with Crippen LogP contribution in [0.1, 0.15) is 43.5 Å². The van der Waals surface area contributed by atoms with Crippen molar-refractivity contribution in [1.29, 1.82) is 0 Å². The molecule has 33 heavy (non-hydrogen) atoms. The number of aliphatic hydroxyl groups excluding tert-OH is 1. The van der Waals surface area contributed by atoms with Crippen LogP contribution in [0.25, 0.3) is 10.9 Å². The van der Waals surface area contributed by atoms with E-state index >= 15 is 0 Å². The summed E-state index contributed by atoms with van der Waals surface area (Å²) in [5.74, 6) is 2.19. The van der Waals surface area contributed by atoms with E-state index in [-0.39, 0.29) is 13.3 Å². The second-order valence-corrected chi connectivity index (χ2v) is 9.24. The minimum atomic E-state index is -0.242. The number of aryl methyl sites for hydroxylation is 1. The highest BCUT2D eigenvalue weighted by molar-refractivity contribution is 5.91. The number of anilines is 3. The average Bonchev–Trinajstić information content (AvgIpc) is 3.31. The normalized spacial score (nSPS) is 22.7. The maximum absolute atomic E-state index is 12.7. The fourth-order valence-corrected chi connectivity index (χ4v) is 5.40. The summed E-state index contributed by atoms with van der Waals surface area (Å²) in [6, 6.07) is 9.20. The number of fused-ring (bicyclic) bond motifs is 3. The van der Waals surface area contributed by atoms with E-state index in [9.17, 15) is 9.50 Å². The molecule has 3 aromatic rings. The van der Waals surface area contributed by atoms with Crippen LogP contribution in [-0.4, -0.2) is 68.1 Å². The minimum Gasteiger partial charge on any atom is -0.396 e. The van der Waals surface area contributed by atoms with E-state index < -0.39 is 0 Å². The zero-order chi connectivity index (χ0) is 22.8. The zero-order valence-corrected chi connectivity index (χ0v) is 19.0. The molecule has 5 rings (SSSR count). The molecular formula is C24H32FN7O. The number of aromatic nitrogens is 4. The largest absolute Gasteiger partial charge is 0.396 e. The van der Waals surface area contributed by atoms with Crippen molar-refractivity contribution in [3.8, 4) is 0 Å². The molecule has 176 valence electrons. The van der Waals surface area contributed by atoms with Crippen LogP contribution in [0.5, 0.6) is 0 Å². The topological polar surface area (TPSA) is 102 Å². The lowest BCUT2D eigenvalue weighted by atomic mass is 9.97. The lowest BCUT2D eigenvalue weighted by Crippen LogP contribution is -2.47. The summed E-state index contributed by atoms with van der Waals surface area (Å²) in [4.78, 5) is 12.2. The van der Waals surface area contributed by atoms with Gasteiger partial charge in [-0.1, -0.05) is 0 Å². The number of H-pyrrole nitrogens is 1. The smallest absolute Gasteiger partial charge is 0.153 e. The van der Waals surface area contributed by atoms with Crippen molar-refractivity contribution >= 4 is 28.4 Å². The standard InChI is InChI=1S/C24H32FN7O/c1-15-11-23(31-30-15)28-22-14-21-20(6-3-16(26-21)7-10-33)24(29-22)27-17-12-18-4-5-19(13-17)32(18)9-2-8-25/h3,6,11,14,17-19,33H,2,4-5,7-10,12-13H2,1H3,(H3,27,28,29,30,31)/t17?,18-,19+. The molecule has 4 N–H and O–H groups in total. The van der Waals surface area contributed by atoms with Crippen LogP contribution in [0, 0.1) is 6.92 Å². The first kappa shape index (κ1) is 22.0. The quantitative estimate of drug-likeness (QED) is 0.392. The summed E-state index contributed by atoms with van der Waals surface area (Å²) in [7, 11) is 0. The van der Waals surface area contributed by atoms with Gasteiger partial charge in [-0.3, -0.25) is 19.4 Å². The lowest BCUT2D eigenvalue weighted by molar-refractivity contribution is 0.128. The van der Waals surface area contributed by atoms with Crippen LogP contribution in [0.15, 0.2) is 24.3 Å². The molecule has 8 nitrogen and oxygen atoms in total. The molecule has 5 heterocycles. The van der Waals surface area contributed by atoms with Gasteiger partial charge in [-0.2, -0.15) is 5.10 Å². The fourth-order valence-electron chi connectivity index (χ4n) is 5.40. The Morgan fingerprint density at radius 2 is 1.97 bits per heavy atom. The summed E-state index contributed by atoms with van der Waals surface area (Å²) in [6.07, 6.45) is 5.60. The van der Waals surface area contributed by atoms with Crippen molar-refractivity contribution in [3.05, 3.63) is 35.7 Å². The van der Waals surface area contributed by atoms with Crippen molar-refractivity contribution in [1.82, 2.24) is 25.1 Å². The Hall–Kier alpha value is -2.78. The second-order valence-electron chi connectivity index (χ2n) is 9.24. The van der Waals surface area contributed by atoms with Crippen LogP contribution in [0.2, 0.25) is 0 Å². The van der Waals surface area contributed by atoms with Crippen LogP contribution < -0.4 is 10.6 Å². The average molecular weight is 454 g/mol. The molecule has 2 bridgehead atoms. The first-order valence-electron chi connectivity index (χ1n) is 11.9. The Labute approximate surface area is 193 Å². The SMILES string of the molecule is Cc1cc(Nc2cc3nc(CCO)ccc3c(NC3C[C@H]4CC[C@@H](C3)N4CCCF)n2)n[nH]1. The van der Waals surface area contributed by atoms with Crippen molar-refractivity contribution in [2.75, 3.05) is 30.5 Å². The number of hydrogen-bond acceptors (Lipinski definition) is 7. The molecule has 9 heteroatoms. The van der Waals surface area contributed by atoms with E-state index in [1.807, 2.05) is 31.2 Å². The highest BCUT2D eigenvalue weighted by Gasteiger charge is 2.40. The Kier molecular flexibility index (Phi) is 6.41. The number of alkyl halides is 1. The molecule has 0 amide bonds. The summed E-state index contributed by atoms with van der Waals surface area (Å²) in [5, 5.41) is 24.5. The van der Waals surface area contributed by atoms with Crippen LogP contribution >= 0.6 is 0 Å². The Bertz CT molecular complexity index is 1090. The Morgan fingerprint density at radius 3 is 2.67 bits per heavy atom. The fraction of sp³-hybridized carbons (Fsp3) is 0.542. The maximum Gasteiger partial charge on any atom is 0.153 e. The number of piperidine rings is 1. The number of hydrogen-bond donors (Lipinski definition) is 4. The van der Waals surface area contributed by atoms with E-state index in [0.29, 0.717) is 42.6 Å². The van der Waals surface area contributed by atoms with Gasteiger partial charge in [-0.25, -0.2) is 4.98 Å². The van der Waals surface area contributed by atoms with Gasteiger partial charge in [-0.15, -0.1) is 0 Å². The van der Waals surface area contributed by atoms with Gasteiger partial charge in [-0.05, 0) is 51.2 Å². The van der Waals surface area contributed by atoms with E-state index in [1.54, 1.807) is 0 Å². The van der Waals surface area contributed by atoms with Gasteiger partial charge >= 0.3 is 0 Å². The molecule has 1 unspecified atom stereocenters. The third-order valence-electron chi connectivity index (χ3n) is 6.85. The number of pyridine rings is 2. The number of halogens is 1. The van der Waals surface area contributed by atoms with E-state index in [0.717, 1.165) is 47.5 Å². The van der Waals surface area contributed by atoms with Crippen molar-refractivity contribution in [2.24, 2.45) is 0 Å². The van der Waals surface area contributed by atoms with Crippen LogP contribution in [-0.2, 0) is 6.42 Å².